The zero-order valence-corrected chi connectivity index (χ0v) is 9.08. The molecule has 0 saturated carbocycles. The third kappa shape index (κ3) is 3.09. The first kappa shape index (κ1) is 12.3. The number of benzene rings is 1. The molecular formula is C9H9ClFN3O2. The maximum atomic E-state index is 13.3. The number of amides is 2. The number of halogens is 2. The smallest absolute Gasteiger partial charge is 0.332 e. The van der Waals surface area contributed by atoms with Crippen molar-refractivity contribution in [1.29, 1.82) is 0 Å². The molecule has 1 aromatic carbocycles. The fraction of sp³-hybridized carbons (Fsp3) is 0.111. The Morgan fingerprint density at radius 2 is 2.38 bits per heavy atom. The summed E-state index contributed by atoms with van der Waals surface area (Å²) in [7, 11) is 1.31. The molecule has 0 bridgehead atoms. The van der Waals surface area contributed by atoms with Gasteiger partial charge in [0.25, 0.3) is 0 Å². The second-order valence-electron chi connectivity index (χ2n) is 2.75. The van der Waals surface area contributed by atoms with Gasteiger partial charge in [0.15, 0.2) is 11.6 Å². The van der Waals surface area contributed by atoms with E-state index in [1.807, 2.05) is 5.43 Å². The first-order valence-corrected chi connectivity index (χ1v) is 4.54. The molecule has 3 N–H and O–H groups in total. The van der Waals surface area contributed by atoms with Crippen molar-refractivity contribution in [2.45, 2.75) is 0 Å². The van der Waals surface area contributed by atoms with Crippen LogP contribution in [0.15, 0.2) is 17.2 Å². The van der Waals surface area contributed by atoms with Gasteiger partial charge in [0.1, 0.15) is 0 Å². The molecule has 0 heterocycles. The van der Waals surface area contributed by atoms with Gasteiger partial charge in [0, 0.05) is 0 Å². The number of primary amides is 1. The Morgan fingerprint density at radius 3 is 2.88 bits per heavy atom. The van der Waals surface area contributed by atoms with E-state index in [4.69, 9.17) is 22.1 Å². The predicted molar refractivity (Wildman–Crippen MR) is 58.3 cm³/mol. The summed E-state index contributed by atoms with van der Waals surface area (Å²) in [6, 6.07) is 1.79. The number of hydrogen-bond donors (Lipinski definition) is 2. The second kappa shape index (κ2) is 5.32. The van der Waals surface area contributed by atoms with Crippen LogP contribution in [-0.2, 0) is 0 Å². The van der Waals surface area contributed by atoms with Crippen LogP contribution < -0.4 is 15.9 Å². The summed E-state index contributed by atoms with van der Waals surface area (Å²) in [4.78, 5) is 10.3. The van der Waals surface area contributed by atoms with E-state index in [1.54, 1.807) is 0 Å². The molecule has 0 atom stereocenters. The molecule has 0 radical (unpaired) electrons. The minimum atomic E-state index is -0.809. The summed E-state index contributed by atoms with van der Waals surface area (Å²) in [5, 5.41) is 3.58. The number of carbonyl (C=O) groups excluding carboxylic acids is 1. The minimum Gasteiger partial charge on any atom is -0.492 e. The maximum Gasteiger partial charge on any atom is 0.332 e. The summed E-state index contributed by atoms with van der Waals surface area (Å²) in [5.41, 5.74) is 7.12. The number of nitrogens with one attached hydrogen (secondary N) is 1. The molecule has 0 aliphatic heterocycles. The first-order valence-electron chi connectivity index (χ1n) is 4.16. The molecular weight excluding hydrogens is 237 g/mol. The summed E-state index contributed by atoms with van der Waals surface area (Å²) >= 11 is 5.74. The van der Waals surface area contributed by atoms with E-state index in [-0.39, 0.29) is 10.8 Å². The second-order valence-corrected chi connectivity index (χ2v) is 3.16. The Labute approximate surface area is 96.0 Å². The highest BCUT2D eigenvalue weighted by Crippen LogP contribution is 2.28. The Hall–Kier alpha value is -1.82. The third-order valence-electron chi connectivity index (χ3n) is 1.61. The molecule has 0 saturated heterocycles. The van der Waals surface area contributed by atoms with Gasteiger partial charge in [-0.2, -0.15) is 5.10 Å². The Bertz CT molecular complexity index is 414. The van der Waals surface area contributed by atoms with E-state index < -0.39 is 11.8 Å². The van der Waals surface area contributed by atoms with Crippen LogP contribution in [0.25, 0.3) is 0 Å². The van der Waals surface area contributed by atoms with Gasteiger partial charge < -0.3 is 10.5 Å². The van der Waals surface area contributed by atoms with Gasteiger partial charge in [-0.05, 0) is 17.7 Å². The Kier molecular flexibility index (Phi) is 4.07. The van der Waals surface area contributed by atoms with Crippen molar-refractivity contribution in [3.8, 4) is 5.75 Å². The normalized spacial score (nSPS) is 10.4. The molecule has 1 aromatic rings. The van der Waals surface area contributed by atoms with Crippen molar-refractivity contribution < 1.29 is 13.9 Å². The van der Waals surface area contributed by atoms with Gasteiger partial charge in [-0.25, -0.2) is 14.6 Å². The molecule has 0 aromatic heterocycles. The molecule has 86 valence electrons. The zero-order valence-electron chi connectivity index (χ0n) is 8.33. The molecule has 0 fully saturated rings. The number of nitrogens with zero attached hydrogens (tertiary/aromatic N) is 1. The van der Waals surface area contributed by atoms with E-state index in [0.29, 0.717) is 5.56 Å². The molecule has 0 unspecified atom stereocenters. The average molecular weight is 246 g/mol. The largest absolute Gasteiger partial charge is 0.492 e. The first-order chi connectivity index (χ1) is 7.54. The standard InChI is InChI=1S/C9H9ClFN3O2/c1-16-8-6(10)2-5(3-7(8)11)4-13-14-9(12)15/h2-4H,1H3,(H3,12,14,15). The number of hydrogen-bond acceptors (Lipinski definition) is 3. The summed E-state index contributed by atoms with van der Waals surface area (Å²) in [5.74, 6) is -0.655. The van der Waals surface area contributed by atoms with Crippen LogP contribution in [0.2, 0.25) is 5.02 Å². The fourth-order valence-electron chi connectivity index (χ4n) is 1.02. The average Bonchev–Trinajstić information content (AvgIpc) is 2.16. The van der Waals surface area contributed by atoms with E-state index in [0.717, 1.165) is 6.07 Å². The van der Waals surface area contributed by atoms with Crippen molar-refractivity contribution in [2.75, 3.05) is 7.11 Å². The highest BCUT2D eigenvalue weighted by atomic mass is 35.5. The molecule has 5 nitrogen and oxygen atoms in total. The molecule has 1 rings (SSSR count). The van der Waals surface area contributed by atoms with Crippen LogP contribution in [-0.4, -0.2) is 19.4 Å². The van der Waals surface area contributed by atoms with Crippen molar-refractivity contribution >= 4 is 23.8 Å². The van der Waals surface area contributed by atoms with Crippen LogP contribution in [0.3, 0.4) is 0 Å². The quantitative estimate of drug-likeness (QED) is 0.625. The SMILES string of the molecule is COc1c(F)cc(C=NNC(N)=O)cc1Cl. The Morgan fingerprint density at radius 1 is 1.69 bits per heavy atom. The molecule has 0 aliphatic rings. The van der Waals surface area contributed by atoms with Gasteiger partial charge in [0.05, 0.1) is 18.3 Å². The van der Waals surface area contributed by atoms with E-state index in [2.05, 4.69) is 5.10 Å². The topological polar surface area (TPSA) is 76.7 Å². The van der Waals surface area contributed by atoms with Crippen molar-refractivity contribution in [3.63, 3.8) is 0 Å². The van der Waals surface area contributed by atoms with Crippen molar-refractivity contribution in [2.24, 2.45) is 10.8 Å². The molecule has 0 spiro atoms. The lowest BCUT2D eigenvalue weighted by molar-refractivity contribution is 0.249. The number of rotatable bonds is 3. The van der Waals surface area contributed by atoms with Gasteiger partial charge in [-0.15, -0.1) is 0 Å². The minimum absolute atomic E-state index is 0.0401. The maximum absolute atomic E-state index is 13.3. The monoisotopic (exact) mass is 245 g/mol. The number of ether oxygens (including phenoxy) is 1. The number of urea groups is 1. The van der Waals surface area contributed by atoms with E-state index in [1.165, 1.54) is 19.4 Å². The van der Waals surface area contributed by atoms with E-state index >= 15 is 0 Å². The number of hydrazone groups is 1. The van der Waals surface area contributed by atoms with Crippen LogP contribution in [0, 0.1) is 5.82 Å². The van der Waals surface area contributed by atoms with Gasteiger partial charge in [-0.3, -0.25) is 0 Å². The van der Waals surface area contributed by atoms with Gasteiger partial charge in [0.2, 0.25) is 0 Å². The van der Waals surface area contributed by atoms with Crippen LogP contribution in [0.1, 0.15) is 5.56 Å². The highest BCUT2D eigenvalue weighted by Gasteiger charge is 2.08. The van der Waals surface area contributed by atoms with Crippen LogP contribution in [0.5, 0.6) is 5.75 Å². The molecule has 0 aliphatic carbocycles. The molecule has 2 amide bonds. The highest BCUT2D eigenvalue weighted by molar-refractivity contribution is 6.32. The Balaban J connectivity index is 2.91. The lowest BCUT2D eigenvalue weighted by Gasteiger charge is -2.04. The van der Waals surface area contributed by atoms with Crippen LogP contribution >= 0.6 is 11.6 Å². The van der Waals surface area contributed by atoms with Gasteiger partial charge in [-0.1, -0.05) is 11.6 Å². The summed E-state index contributed by atoms with van der Waals surface area (Å²) in [6.45, 7) is 0. The van der Waals surface area contributed by atoms with E-state index in [9.17, 15) is 9.18 Å². The summed E-state index contributed by atoms with van der Waals surface area (Å²) < 4.78 is 18.0. The molecule has 7 heteroatoms. The number of carbonyl (C=O) groups is 1. The zero-order chi connectivity index (χ0) is 12.1. The van der Waals surface area contributed by atoms with Crippen LogP contribution in [0.4, 0.5) is 9.18 Å². The lowest BCUT2D eigenvalue weighted by atomic mass is 10.2. The molecule has 16 heavy (non-hydrogen) atoms. The third-order valence-corrected chi connectivity index (χ3v) is 1.89. The number of methoxy groups -OCH3 is 1. The lowest BCUT2D eigenvalue weighted by Crippen LogP contribution is -2.24. The van der Waals surface area contributed by atoms with Crippen molar-refractivity contribution in [1.82, 2.24) is 5.43 Å². The van der Waals surface area contributed by atoms with Crippen molar-refractivity contribution in [3.05, 3.63) is 28.5 Å². The predicted octanol–water partition coefficient (Wildman–Crippen LogP) is 1.49. The fourth-order valence-corrected chi connectivity index (χ4v) is 1.31. The van der Waals surface area contributed by atoms with Gasteiger partial charge >= 0.3 is 6.03 Å². The summed E-state index contributed by atoms with van der Waals surface area (Å²) in [6.07, 6.45) is 1.21. The number of nitrogens with two attached hydrogens (primary N) is 1.